The number of hydrogen-bond donors (Lipinski definition) is 2. The maximum Gasteiger partial charge on any atom is 0.416 e. The van der Waals surface area contributed by atoms with E-state index in [0.29, 0.717) is 19.5 Å². The van der Waals surface area contributed by atoms with Crippen molar-refractivity contribution in [2.75, 3.05) is 18.4 Å². The number of piperidine rings is 1. The van der Waals surface area contributed by atoms with Crippen molar-refractivity contribution in [2.45, 2.75) is 38.4 Å². The fourth-order valence-corrected chi connectivity index (χ4v) is 3.78. The van der Waals surface area contributed by atoms with Gasteiger partial charge in [-0.2, -0.15) is 13.2 Å². The van der Waals surface area contributed by atoms with E-state index in [0.717, 1.165) is 24.6 Å². The Kier molecular flexibility index (Phi) is 7.55. The van der Waals surface area contributed by atoms with Gasteiger partial charge in [0.1, 0.15) is 0 Å². The molecule has 31 heavy (non-hydrogen) atoms. The number of anilines is 1. The van der Waals surface area contributed by atoms with E-state index in [9.17, 15) is 22.8 Å². The number of benzene rings is 2. The van der Waals surface area contributed by atoms with Gasteiger partial charge in [0.25, 0.3) is 0 Å². The van der Waals surface area contributed by atoms with Crippen LogP contribution in [0, 0.1) is 5.92 Å². The maximum atomic E-state index is 13.1. The monoisotopic (exact) mass is 433 g/mol. The van der Waals surface area contributed by atoms with Crippen LogP contribution in [0.5, 0.6) is 0 Å². The second-order valence-electron chi connectivity index (χ2n) is 7.72. The normalized spacial score (nSPS) is 16.6. The minimum absolute atomic E-state index is 0.0461. The summed E-state index contributed by atoms with van der Waals surface area (Å²) >= 11 is 0. The molecule has 1 aliphatic rings. The number of carbonyl (C=O) groups is 2. The molecule has 2 aromatic rings. The Balaban J connectivity index is 1.44. The number of alkyl halides is 3. The molecule has 3 rings (SSSR count). The van der Waals surface area contributed by atoms with E-state index < -0.39 is 11.7 Å². The molecule has 1 atom stereocenters. The van der Waals surface area contributed by atoms with Crippen molar-refractivity contribution in [2.24, 2.45) is 5.92 Å². The number of likely N-dealkylation sites (tertiary alicyclic amines) is 1. The summed E-state index contributed by atoms with van der Waals surface area (Å²) in [5, 5.41) is 5.45. The Morgan fingerprint density at radius 3 is 2.48 bits per heavy atom. The molecule has 1 saturated heterocycles. The van der Waals surface area contributed by atoms with Crippen LogP contribution < -0.4 is 10.6 Å². The molecule has 5 nitrogen and oxygen atoms in total. The Labute approximate surface area is 179 Å². The van der Waals surface area contributed by atoms with Gasteiger partial charge in [0, 0.05) is 31.7 Å². The second-order valence-corrected chi connectivity index (χ2v) is 7.72. The zero-order valence-electron chi connectivity index (χ0n) is 17.1. The third kappa shape index (κ3) is 6.73. The highest BCUT2D eigenvalue weighted by atomic mass is 19.4. The SMILES string of the molecule is O=C(CCC1CCCN(C(=O)Nc2ccccc2)C1)NCc1ccccc1C(F)(F)F. The molecule has 0 radical (unpaired) electrons. The highest BCUT2D eigenvalue weighted by Crippen LogP contribution is 2.31. The average Bonchev–Trinajstić information content (AvgIpc) is 2.76. The van der Waals surface area contributed by atoms with Crippen molar-refractivity contribution in [1.29, 1.82) is 0 Å². The lowest BCUT2D eigenvalue weighted by Gasteiger charge is -2.32. The number of nitrogens with zero attached hydrogens (tertiary/aromatic N) is 1. The molecule has 2 N–H and O–H groups in total. The first-order valence-corrected chi connectivity index (χ1v) is 10.4. The Bertz CT molecular complexity index is 887. The quantitative estimate of drug-likeness (QED) is 0.670. The van der Waals surface area contributed by atoms with Crippen LogP contribution in [0.1, 0.15) is 36.8 Å². The molecule has 1 heterocycles. The summed E-state index contributed by atoms with van der Waals surface area (Å²) in [6, 6.07) is 14.3. The Morgan fingerprint density at radius 1 is 1.03 bits per heavy atom. The topological polar surface area (TPSA) is 61.4 Å². The van der Waals surface area contributed by atoms with Crippen molar-refractivity contribution in [1.82, 2.24) is 10.2 Å². The van der Waals surface area contributed by atoms with E-state index in [-0.39, 0.29) is 36.4 Å². The summed E-state index contributed by atoms with van der Waals surface area (Å²) < 4.78 is 39.2. The highest BCUT2D eigenvalue weighted by Gasteiger charge is 2.32. The summed E-state index contributed by atoms with van der Waals surface area (Å²) in [4.78, 5) is 26.4. The van der Waals surface area contributed by atoms with Gasteiger partial charge in [0.2, 0.25) is 5.91 Å². The predicted octanol–water partition coefficient (Wildman–Crippen LogP) is 5.05. The van der Waals surface area contributed by atoms with Crippen LogP contribution in [0.3, 0.4) is 0 Å². The van der Waals surface area contributed by atoms with Crippen LogP contribution in [0.15, 0.2) is 54.6 Å². The minimum Gasteiger partial charge on any atom is -0.352 e. The number of rotatable bonds is 6. The lowest BCUT2D eigenvalue weighted by atomic mass is 9.93. The number of amides is 3. The molecule has 0 bridgehead atoms. The smallest absolute Gasteiger partial charge is 0.352 e. The van der Waals surface area contributed by atoms with Crippen LogP contribution in [0.4, 0.5) is 23.7 Å². The van der Waals surface area contributed by atoms with Gasteiger partial charge in [-0.3, -0.25) is 4.79 Å². The molecule has 8 heteroatoms. The molecule has 0 spiro atoms. The number of carbonyl (C=O) groups excluding carboxylic acids is 2. The summed E-state index contributed by atoms with van der Waals surface area (Å²) in [5.74, 6) is -0.105. The number of para-hydroxylation sites is 1. The molecule has 0 saturated carbocycles. The van der Waals surface area contributed by atoms with Crippen molar-refractivity contribution in [3.8, 4) is 0 Å². The summed E-state index contributed by atoms with van der Waals surface area (Å²) in [6.07, 6.45) is -1.88. The van der Waals surface area contributed by atoms with Gasteiger partial charge in [-0.25, -0.2) is 4.79 Å². The average molecular weight is 433 g/mol. The van der Waals surface area contributed by atoms with Crippen molar-refractivity contribution in [3.63, 3.8) is 0 Å². The van der Waals surface area contributed by atoms with Gasteiger partial charge in [0.15, 0.2) is 0 Å². The van der Waals surface area contributed by atoms with Gasteiger partial charge in [-0.15, -0.1) is 0 Å². The molecule has 0 aromatic heterocycles. The van der Waals surface area contributed by atoms with Crippen LogP contribution in [-0.4, -0.2) is 29.9 Å². The third-order valence-electron chi connectivity index (χ3n) is 5.41. The molecule has 1 unspecified atom stereocenters. The molecule has 1 fully saturated rings. The van der Waals surface area contributed by atoms with Gasteiger partial charge in [0.05, 0.1) is 5.56 Å². The van der Waals surface area contributed by atoms with E-state index in [1.54, 1.807) is 4.90 Å². The lowest BCUT2D eigenvalue weighted by molar-refractivity contribution is -0.138. The van der Waals surface area contributed by atoms with Gasteiger partial charge >= 0.3 is 12.2 Å². The molecule has 0 aliphatic carbocycles. The first kappa shape index (κ1) is 22.7. The van der Waals surface area contributed by atoms with Gasteiger partial charge in [-0.1, -0.05) is 36.4 Å². The van der Waals surface area contributed by atoms with E-state index in [2.05, 4.69) is 10.6 Å². The highest BCUT2D eigenvalue weighted by molar-refractivity contribution is 5.89. The van der Waals surface area contributed by atoms with Crippen LogP contribution in [0.25, 0.3) is 0 Å². The van der Waals surface area contributed by atoms with Gasteiger partial charge in [-0.05, 0) is 48.9 Å². The third-order valence-corrected chi connectivity index (χ3v) is 5.41. The first-order valence-electron chi connectivity index (χ1n) is 10.4. The van der Waals surface area contributed by atoms with Crippen molar-refractivity contribution < 1.29 is 22.8 Å². The largest absolute Gasteiger partial charge is 0.416 e. The summed E-state index contributed by atoms with van der Waals surface area (Å²) in [5.41, 5.74) is 0.0422. The Morgan fingerprint density at radius 2 is 1.74 bits per heavy atom. The van der Waals surface area contributed by atoms with Gasteiger partial charge < -0.3 is 15.5 Å². The van der Waals surface area contributed by atoms with E-state index in [4.69, 9.17) is 0 Å². The maximum absolute atomic E-state index is 13.1. The van der Waals surface area contributed by atoms with E-state index in [1.165, 1.54) is 18.2 Å². The first-order chi connectivity index (χ1) is 14.8. The molecule has 1 aliphatic heterocycles. The fraction of sp³-hybridized carbons (Fsp3) is 0.391. The van der Waals surface area contributed by atoms with Crippen molar-refractivity contribution in [3.05, 3.63) is 65.7 Å². The lowest BCUT2D eigenvalue weighted by Crippen LogP contribution is -2.42. The minimum atomic E-state index is -4.45. The fourth-order valence-electron chi connectivity index (χ4n) is 3.78. The molecule has 166 valence electrons. The summed E-state index contributed by atoms with van der Waals surface area (Å²) in [6.45, 7) is 1.06. The zero-order valence-corrected chi connectivity index (χ0v) is 17.1. The van der Waals surface area contributed by atoms with E-state index >= 15 is 0 Å². The van der Waals surface area contributed by atoms with Crippen molar-refractivity contribution >= 4 is 17.6 Å². The number of urea groups is 1. The molecule has 2 aromatic carbocycles. The van der Waals surface area contributed by atoms with E-state index in [1.807, 2.05) is 30.3 Å². The molecular formula is C23H26F3N3O2. The van der Waals surface area contributed by atoms with Crippen LogP contribution in [0.2, 0.25) is 0 Å². The predicted molar refractivity (Wildman–Crippen MR) is 112 cm³/mol. The molecular weight excluding hydrogens is 407 g/mol. The summed E-state index contributed by atoms with van der Waals surface area (Å²) in [7, 11) is 0. The second kappa shape index (κ2) is 10.3. The zero-order chi connectivity index (χ0) is 22.3. The Hall–Kier alpha value is -3.03. The standard InChI is InChI=1S/C23H26F3N3O2/c24-23(25,26)20-11-5-4-8-18(20)15-27-21(30)13-12-17-7-6-14-29(16-17)22(31)28-19-9-2-1-3-10-19/h1-5,8-11,17H,6-7,12-16H2,(H,27,30)(H,28,31). The number of nitrogens with one attached hydrogen (secondary N) is 2. The van der Waals surface area contributed by atoms with Crippen LogP contribution in [-0.2, 0) is 17.5 Å². The number of halogens is 3. The van der Waals surface area contributed by atoms with Crippen LogP contribution >= 0.6 is 0 Å². The molecule has 3 amide bonds. The number of hydrogen-bond acceptors (Lipinski definition) is 2.